The number of nitrogens with one attached hydrogen (secondary N) is 1. The van der Waals surface area contributed by atoms with E-state index in [1.165, 1.54) is 43.1 Å². The molecule has 174 valence electrons. The number of carbonyl (C=O) groups is 1. The van der Waals surface area contributed by atoms with Crippen LogP contribution in [0.1, 0.15) is 21.5 Å². The Morgan fingerprint density at radius 1 is 1.00 bits per heavy atom. The Morgan fingerprint density at radius 2 is 1.61 bits per heavy atom. The Kier molecular flexibility index (Phi) is 8.12. The molecule has 33 heavy (non-hydrogen) atoms. The Morgan fingerprint density at radius 3 is 2.21 bits per heavy atom. The minimum atomic E-state index is -3.78. The van der Waals surface area contributed by atoms with Crippen LogP contribution < -0.4 is 9.46 Å². The van der Waals surface area contributed by atoms with E-state index in [0.29, 0.717) is 28.4 Å². The van der Waals surface area contributed by atoms with Crippen molar-refractivity contribution >= 4 is 27.8 Å². The van der Waals surface area contributed by atoms with Gasteiger partial charge in [-0.3, -0.25) is 0 Å². The van der Waals surface area contributed by atoms with Crippen molar-refractivity contribution in [2.75, 3.05) is 19.4 Å². The van der Waals surface area contributed by atoms with Gasteiger partial charge >= 0.3 is 5.97 Å². The first-order chi connectivity index (χ1) is 15.7. The fraction of sp³-hybridized carbons (Fsp3) is 0.208. The third-order valence-electron chi connectivity index (χ3n) is 4.89. The van der Waals surface area contributed by atoms with Gasteiger partial charge in [0, 0.05) is 17.2 Å². The molecule has 0 radical (unpaired) electrons. The summed E-state index contributed by atoms with van der Waals surface area (Å²) >= 11 is 1.48. The lowest BCUT2D eigenvalue weighted by Crippen LogP contribution is -2.26. The second-order valence-electron chi connectivity index (χ2n) is 7.18. The van der Waals surface area contributed by atoms with Crippen LogP contribution >= 0.6 is 11.8 Å². The molecule has 0 spiro atoms. The number of benzene rings is 3. The van der Waals surface area contributed by atoms with Gasteiger partial charge in [-0.15, -0.1) is 11.8 Å². The van der Waals surface area contributed by atoms with Gasteiger partial charge < -0.3 is 9.47 Å². The molecule has 1 N–H and O–H groups in total. The van der Waals surface area contributed by atoms with Crippen LogP contribution in [0.5, 0.6) is 11.5 Å². The summed E-state index contributed by atoms with van der Waals surface area (Å²) in [6.07, 6.45) is 0. The molecule has 0 saturated carbocycles. The second kappa shape index (κ2) is 10.8. The Bertz CT molecular complexity index is 1230. The van der Waals surface area contributed by atoms with Gasteiger partial charge in [-0.1, -0.05) is 0 Å². The molecular formula is C24H24FNO5S2. The molecule has 3 aromatic carbocycles. The monoisotopic (exact) mass is 489 g/mol. The number of rotatable bonds is 9. The van der Waals surface area contributed by atoms with Crippen molar-refractivity contribution in [1.29, 1.82) is 0 Å². The number of ether oxygens (including phenoxy) is 2. The SMILES string of the molecule is COC(=O)c1cc(S(=O)(=O)NCCSc2ccc(Oc3ccc(F)cc3)cc2)cc(C)c1C. The minimum Gasteiger partial charge on any atom is -0.465 e. The minimum absolute atomic E-state index is 0.0262. The standard InChI is InChI=1S/C24H24FNO5S2/c1-16-14-22(15-23(17(16)2)24(27)30-3)33(28,29)26-12-13-32-21-10-8-20(9-11-21)31-19-6-4-18(25)5-7-19/h4-11,14-15,26H,12-13H2,1-3H3. The highest BCUT2D eigenvalue weighted by atomic mass is 32.2. The topological polar surface area (TPSA) is 81.7 Å². The fourth-order valence-corrected chi connectivity index (χ4v) is 5.01. The summed E-state index contributed by atoms with van der Waals surface area (Å²) in [5.74, 6) is 0.753. The van der Waals surface area contributed by atoms with E-state index >= 15 is 0 Å². The summed E-state index contributed by atoms with van der Waals surface area (Å²) in [6.45, 7) is 3.71. The summed E-state index contributed by atoms with van der Waals surface area (Å²) in [4.78, 5) is 12.9. The zero-order chi connectivity index (χ0) is 24.0. The van der Waals surface area contributed by atoms with E-state index in [9.17, 15) is 17.6 Å². The summed E-state index contributed by atoms with van der Waals surface area (Å²) in [5.41, 5.74) is 1.61. The maximum atomic E-state index is 13.0. The van der Waals surface area contributed by atoms with E-state index < -0.39 is 16.0 Å². The largest absolute Gasteiger partial charge is 0.465 e. The molecule has 3 rings (SSSR count). The third-order valence-corrected chi connectivity index (χ3v) is 7.35. The molecule has 0 unspecified atom stereocenters. The normalized spacial score (nSPS) is 11.3. The molecule has 0 heterocycles. The van der Waals surface area contributed by atoms with Gasteiger partial charge in [0.25, 0.3) is 0 Å². The number of thioether (sulfide) groups is 1. The molecule has 0 fully saturated rings. The highest BCUT2D eigenvalue weighted by Gasteiger charge is 2.20. The molecule has 9 heteroatoms. The van der Waals surface area contributed by atoms with Crippen molar-refractivity contribution < 1.29 is 27.1 Å². The van der Waals surface area contributed by atoms with E-state index in [0.717, 1.165) is 4.90 Å². The van der Waals surface area contributed by atoms with E-state index in [1.807, 2.05) is 12.1 Å². The summed E-state index contributed by atoms with van der Waals surface area (Å²) in [6, 6.07) is 15.9. The molecule has 0 aliphatic carbocycles. The number of aryl methyl sites for hydroxylation is 1. The van der Waals surface area contributed by atoms with Crippen molar-refractivity contribution in [3.8, 4) is 11.5 Å². The third kappa shape index (κ3) is 6.56. The van der Waals surface area contributed by atoms with Gasteiger partial charge in [0.2, 0.25) is 10.0 Å². The van der Waals surface area contributed by atoms with E-state index in [4.69, 9.17) is 9.47 Å². The number of esters is 1. The van der Waals surface area contributed by atoms with Gasteiger partial charge in [0.05, 0.1) is 17.6 Å². The quantitative estimate of drug-likeness (QED) is 0.256. The molecule has 0 aliphatic heterocycles. The average Bonchev–Trinajstić information content (AvgIpc) is 2.80. The second-order valence-corrected chi connectivity index (χ2v) is 10.1. The van der Waals surface area contributed by atoms with Crippen molar-refractivity contribution in [3.05, 3.63) is 83.2 Å². The molecular weight excluding hydrogens is 465 g/mol. The first-order valence-corrected chi connectivity index (χ1v) is 12.5. The number of halogens is 1. The van der Waals surface area contributed by atoms with Crippen molar-refractivity contribution in [3.63, 3.8) is 0 Å². The maximum absolute atomic E-state index is 13.0. The van der Waals surface area contributed by atoms with Crippen LogP contribution in [-0.2, 0) is 14.8 Å². The molecule has 0 aliphatic rings. The van der Waals surface area contributed by atoms with Crippen LogP contribution in [0.3, 0.4) is 0 Å². The Hall–Kier alpha value is -2.88. The van der Waals surface area contributed by atoms with Crippen LogP contribution in [0.25, 0.3) is 0 Å². The lowest BCUT2D eigenvalue weighted by atomic mass is 10.0. The van der Waals surface area contributed by atoms with Crippen LogP contribution in [0, 0.1) is 19.7 Å². The van der Waals surface area contributed by atoms with Gasteiger partial charge in [-0.2, -0.15) is 0 Å². The van der Waals surface area contributed by atoms with Crippen molar-refractivity contribution in [2.45, 2.75) is 23.6 Å². The Balaban J connectivity index is 1.55. The van der Waals surface area contributed by atoms with Crippen molar-refractivity contribution in [1.82, 2.24) is 4.72 Å². The van der Waals surface area contributed by atoms with Gasteiger partial charge in [-0.05, 0) is 85.6 Å². The van der Waals surface area contributed by atoms with E-state index in [2.05, 4.69) is 4.72 Å². The number of sulfonamides is 1. The predicted molar refractivity (Wildman–Crippen MR) is 126 cm³/mol. The molecule has 0 bridgehead atoms. The summed E-state index contributed by atoms with van der Waals surface area (Å²) < 4.78 is 51.3. The van der Waals surface area contributed by atoms with Gasteiger partial charge in [0.15, 0.2) is 0 Å². The summed E-state index contributed by atoms with van der Waals surface area (Å²) in [5, 5.41) is 0. The number of carbonyl (C=O) groups excluding carboxylic acids is 1. The van der Waals surface area contributed by atoms with Crippen LogP contribution in [0.4, 0.5) is 4.39 Å². The lowest BCUT2D eigenvalue weighted by Gasteiger charge is -2.12. The molecule has 3 aromatic rings. The Labute approximate surface area is 197 Å². The maximum Gasteiger partial charge on any atom is 0.338 e. The average molecular weight is 490 g/mol. The first-order valence-electron chi connectivity index (χ1n) is 10.0. The molecule has 0 saturated heterocycles. The van der Waals surface area contributed by atoms with Gasteiger partial charge in [-0.25, -0.2) is 22.3 Å². The summed E-state index contributed by atoms with van der Waals surface area (Å²) in [7, 11) is -2.52. The molecule has 0 aromatic heterocycles. The first kappa shape index (κ1) is 24.8. The lowest BCUT2D eigenvalue weighted by molar-refractivity contribution is 0.0599. The zero-order valence-corrected chi connectivity index (χ0v) is 20.1. The van der Waals surface area contributed by atoms with Crippen LogP contribution in [0.15, 0.2) is 70.5 Å². The smallest absolute Gasteiger partial charge is 0.338 e. The fourth-order valence-electron chi connectivity index (χ4n) is 2.97. The highest BCUT2D eigenvalue weighted by molar-refractivity contribution is 7.99. The zero-order valence-electron chi connectivity index (χ0n) is 18.4. The molecule has 6 nitrogen and oxygen atoms in total. The van der Waals surface area contributed by atoms with Crippen LogP contribution in [0.2, 0.25) is 0 Å². The molecule has 0 amide bonds. The van der Waals surface area contributed by atoms with Crippen LogP contribution in [-0.4, -0.2) is 33.8 Å². The highest BCUT2D eigenvalue weighted by Crippen LogP contribution is 2.26. The number of hydrogen-bond donors (Lipinski definition) is 1. The number of methoxy groups -OCH3 is 1. The van der Waals surface area contributed by atoms with Gasteiger partial charge in [0.1, 0.15) is 17.3 Å². The number of hydrogen-bond acceptors (Lipinski definition) is 6. The van der Waals surface area contributed by atoms with E-state index in [1.54, 1.807) is 38.1 Å². The molecule has 0 atom stereocenters. The van der Waals surface area contributed by atoms with E-state index in [-0.39, 0.29) is 22.8 Å². The predicted octanol–water partition coefficient (Wildman–Crippen LogP) is 5.09. The van der Waals surface area contributed by atoms with Crippen molar-refractivity contribution in [2.24, 2.45) is 0 Å².